The number of fused-ring (bicyclic) bond motifs is 1. The number of hydrogen-bond donors (Lipinski definition) is 1. The number of hydrogen-bond acceptors (Lipinski definition) is 6. The molecule has 0 atom stereocenters. The first kappa shape index (κ1) is 17.9. The number of ether oxygens (including phenoxy) is 1. The first-order valence-corrected chi connectivity index (χ1v) is 9.79. The Labute approximate surface area is 172 Å². The summed E-state index contributed by atoms with van der Waals surface area (Å²) >= 11 is 6.51. The van der Waals surface area contributed by atoms with Crippen LogP contribution in [0.4, 0.5) is 11.8 Å². The lowest BCUT2D eigenvalue weighted by molar-refractivity contribution is 0.122. The first-order chi connectivity index (χ1) is 14.2. The van der Waals surface area contributed by atoms with E-state index in [9.17, 15) is 0 Å². The maximum Gasteiger partial charge on any atom is 0.228 e. The number of anilines is 2. The molecule has 1 aliphatic rings. The number of nitrogens with zero attached hydrogens (tertiary/aromatic N) is 5. The standard InChI is InChI=1S/C21H19ClN6O/c22-16-9-5-4-8-15(16)18-17-19(23)28(14-6-2-1-3-7-14)26-20(17)25-21(24-18)27-10-12-29-13-11-27/h1-9H,10-13,23H2. The molecular weight excluding hydrogens is 388 g/mol. The number of nitrogen functional groups attached to an aromatic ring is 1. The molecule has 0 amide bonds. The van der Waals surface area contributed by atoms with Crippen LogP contribution in [0.5, 0.6) is 0 Å². The molecule has 3 heterocycles. The lowest BCUT2D eigenvalue weighted by Crippen LogP contribution is -2.37. The largest absolute Gasteiger partial charge is 0.383 e. The number of aromatic nitrogens is 4. The van der Waals surface area contributed by atoms with Crippen molar-refractivity contribution in [2.24, 2.45) is 0 Å². The Hall–Kier alpha value is -3.16. The fourth-order valence-corrected chi connectivity index (χ4v) is 3.74. The van der Waals surface area contributed by atoms with E-state index in [1.165, 1.54) is 0 Å². The van der Waals surface area contributed by atoms with E-state index in [1.54, 1.807) is 4.68 Å². The highest BCUT2D eigenvalue weighted by Crippen LogP contribution is 2.36. The van der Waals surface area contributed by atoms with Crippen molar-refractivity contribution >= 4 is 34.4 Å². The van der Waals surface area contributed by atoms with Gasteiger partial charge in [-0.15, -0.1) is 5.10 Å². The summed E-state index contributed by atoms with van der Waals surface area (Å²) in [5.41, 5.74) is 9.42. The Kier molecular flexibility index (Phi) is 4.54. The number of benzene rings is 2. The highest BCUT2D eigenvalue weighted by Gasteiger charge is 2.23. The molecule has 0 saturated carbocycles. The van der Waals surface area contributed by atoms with Crippen molar-refractivity contribution < 1.29 is 4.74 Å². The van der Waals surface area contributed by atoms with Crippen LogP contribution in [0.3, 0.4) is 0 Å². The molecule has 0 bridgehead atoms. The summed E-state index contributed by atoms with van der Waals surface area (Å²) in [7, 11) is 0. The van der Waals surface area contributed by atoms with Crippen molar-refractivity contribution in [3.63, 3.8) is 0 Å². The smallest absolute Gasteiger partial charge is 0.228 e. The topological polar surface area (TPSA) is 82.1 Å². The number of rotatable bonds is 3. The minimum atomic E-state index is 0.481. The van der Waals surface area contributed by atoms with E-state index in [2.05, 4.69) is 4.90 Å². The number of nitrogens with two attached hydrogens (primary N) is 1. The van der Waals surface area contributed by atoms with Gasteiger partial charge in [-0.25, -0.2) is 9.67 Å². The lowest BCUT2D eigenvalue weighted by atomic mass is 10.1. The second kappa shape index (κ2) is 7.35. The second-order valence-electron chi connectivity index (χ2n) is 6.78. The molecule has 1 fully saturated rings. The van der Waals surface area contributed by atoms with Crippen molar-refractivity contribution in [2.45, 2.75) is 0 Å². The van der Waals surface area contributed by atoms with Gasteiger partial charge in [0.2, 0.25) is 5.95 Å². The number of halogens is 1. The van der Waals surface area contributed by atoms with Gasteiger partial charge in [-0.2, -0.15) is 4.98 Å². The Morgan fingerprint density at radius 1 is 0.931 bits per heavy atom. The van der Waals surface area contributed by atoms with Crippen LogP contribution < -0.4 is 10.6 Å². The Balaban J connectivity index is 1.77. The van der Waals surface area contributed by atoms with Crippen LogP contribution in [-0.2, 0) is 4.74 Å². The molecule has 146 valence electrons. The van der Waals surface area contributed by atoms with Gasteiger partial charge in [-0.3, -0.25) is 0 Å². The van der Waals surface area contributed by atoms with Crippen molar-refractivity contribution in [1.82, 2.24) is 19.7 Å². The van der Waals surface area contributed by atoms with Crippen LogP contribution in [-0.4, -0.2) is 46.1 Å². The van der Waals surface area contributed by atoms with Crippen molar-refractivity contribution in [2.75, 3.05) is 36.9 Å². The number of morpholine rings is 1. The van der Waals surface area contributed by atoms with Gasteiger partial charge in [0.05, 0.1) is 30.0 Å². The van der Waals surface area contributed by atoms with Gasteiger partial charge >= 0.3 is 0 Å². The van der Waals surface area contributed by atoms with Gasteiger partial charge in [-0.05, 0) is 18.2 Å². The minimum absolute atomic E-state index is 0.481. The molecule has 4 aromatic rings. The molecule has 7 nitrogen and oxygen atoms in total. The summed E-state index contributed by atoms with van der Waals surface area (Å²) in [6.45, 7) is 2.73. The van der Waals surface area contributed by atoms with Crippen LogP contribution in [0.15, 0.2) is 54.6 Å². The van der Waals surface area contributed by atoms with Crippen LogP contribution in [0.1, 0.15) is 0 Å². The summed E-state index contributed by atoms with van der Waals surface area (Å²) in [4.78, 5) is 11.7. The predicted molar refractivity (Wildman–Crippen MR) is 115 cm³/mol. The van der Waals surface area contributed by atoms with E-state index in [0.29, 0.717) is 46.7 Å². The molecule has 2 N–H and O–H groups in total. The molecule has 5 rings (SSSR count). The molecule has 0 radical (unpaired) electrons. The van der Waals surface area contributed by atoms with Crippen LogP contribution in [0.2, 0.25) is 5.02 Å². The van der Waals surface area contributed by atoms with Crippen molar-refractivity contribution in [3.05, 3.63) is 59.6 Å². The summed E-state index contributed by atoms with van der Waals surface area (Å²) in [5.74, 6) is 1.09. The van der Waals surface area contributed by atoms with Crippen molar-refractivity contribution in [3.8, 4) is 16.9 Å². The third kappa shape index (κ3) is 3.18. The van der Waals surface area contributed by atoms with Gasteiger partial charge in [0, 0.05) is 23.7 Å². The second-order valence-corrected chi connectivity index (χ2v) is 7.19. The van der Waals surface area contributed by atoms with E-state index in [-0.39, 0.29) is 0 Å². The molecule has 0 spiro atoms. The third-order valence-corrected chi connectivity index (χ3v) is 5.31. The average Bonchev–Trinajstić information content (AvgIpc) is 3.11. The van der Waals surface area contributed by atoms with Crippen LogP contribution in [0, 0.1) is 0 Å². The summed E-state index contributed by atoms with van der Waals surface area (Å²) in [5, 5.41) is 5.99. The molecular formula is C21H19ClN6O. The summed E-state index contributed by atoms with van der Waals surface area (Å²) < 4.78 is 7.16. The maximum absolute atomic E-state index is 6.53. The van der Waals surface area contributed by atoms with Crippen LogP contribution in [0.25, 0.3) is 28.0 Å². The molecule has 2 aromatic carbocycles. The van der Waals surface area contributed by atoms with E-state index < -0.39 is 0 Å². The Morgan fingerprint density at radius 2 is 1.66 bits per heavy atom. The molecule has 8 heteroatoms. The molecule has 1 aliphatic heterocycles. The minimum Gasteiger partial charge on any atom is -0.383 e. The molecule has 1 saturated heterocycles. The van der Waals surface area contributed by atoms with Gasteiger partial charge in [0.25, 0.3) is 0 Å². The highest BCUT2D eigenvalue weighted by atomic mass is 35.5. The molecule has 0 aliphatic carbocycles. The SMILES string of the molecule is Nc1c2c(-c3ccccc3Cl)nc(N3CCOCC3)nc2nn1-c1ccccc1. The van der Waals surface area contributed by atoms with E-state index in [1.807, 2.05) is 54.6 Å². The zero-order chi connectivity index (χ0) is 19.8. The average molecular weight is 407 g/mol. The Bertz CT molecular complexity index is 1170. The van der Waals surface area contributed by atoms with E-state index in [4.69, 9.17) is 37.1 Å². The Morgan fingerprint density at radius 3 is 2.41 bits per heavy atom. The quantitative estimate of drug-likeness (QED) is 0.560. The van der Waals surface area contributed by atoms with Gasteiger partial charge in [0.1, 0.15) is 5.82 Å². The number of para-hydroxylation sites is 1. The highest BCUT2D eigenvalue weighted by molar-refractivity contribution is 6.33. The van der Waals surface area contributed by atoms with Crippen molar-refractivity contribution in [1.29, 1.82) is 0 Å². The zero-order valence-electron chi connectivity index (χ0n) is 15.6. The normalized spacial score (nSPS) is 14.4. The van der Waals surface area contributed by atoms with Gasteiger partial charge in [-0.1, -0.05) is 48.0 Å². The molecule has 29 heavy (non-hydrogen) atoms. The van der Waals surface area contributed by atoms with Crippen LogP contribution >= 0.6 is 11.6 Å². The first-order valence-electron chi connectivity index (χ1n) is 9.41. The fourth-order valence-electron chi connectivity index (χ4n) is 3.52. The summed E-state index contributed by atoms with van der Waals surface area (Å²) in [6, 6.07) is 17.4. The molecule has 0 unspecified atom stereocenters. The third-order valence-electron chi connectivity index (χ3n) is 4.98. The predicted octanol–water partition coefficient (Wildman–Crippen LogP) is 3.55. The summed E-state index contributed by atoms with van der Waals surface area (Å²) in [6.07, 6.45) is 0. The van der Waals surface area contributed by atoms with E-state index >= 15 is 0 Å². The van der Waals surface area contributed by atoms with Gasteiger partial charge in [0.15, 0.2) is 5.65 Å². The maximum atomic E-state index is 6.53. The monoisotopic (exact) mass is 406 g/mol. The van der Waals surface area contributed by atoms with Gasteiger partial charge < -0.3 is 15.4 Å². The lowest BCUT2D eigenvalue weighted by Gasteiger charge is -2.27. The fraction of sp³-hybridized carbons (Fsp3) is 0.190. The van der Waals surface area contributed by atoms with E-state index in [0.717, 1.165) is 24.3 Å². The zero-order valence-corrected chi connectivity index (χ0v) is 16.4. The molecule has 2 aromatic heterocycles.